The molecule has 0 saturated heterocycles. The summed E-state index contributed by atoms with van der Waals surface area (Å²) < 4.78 is 11.2. The van der Waals surface area contributed by atoms with Gasteiger partial charge in [0.05, 0.1) is 47.3 Å². The van der Waals surface area contributed by atoms with Crippen LogP contribution in [0.5, 0.6) is 5.75 Å². The molecule has 0 amide bonds. The maximum absolute atomic E-state index is 5.97. The predicted octanol–water partition coefficient (Wildman–Crippen LogP) is 6.40. The van der Waals surface area contributed by atoms with Crippen LogP contribution in [-0.4, -0.2) is 30.1 Å². The number of fused-ring (bicyclic) bond motifs is 2. The van der Waals surface area contributed by atoms with Crippen molar-refractivity contribution in [2.45, 2.75) is 6.61 Å². The number of nitrogens with zero attached hydrogens (tertiary/aromatic N) is 4. The van der Waals surface area contributed by atoms with Crippen molar-refractivity contribution in [3.05, 3.63) is 104 Å². The maximum Gasteiger partial charge on any atom is 0.138 e. The number of nitrogens with one attached hydrogen (secondary N) is 2. The highest BCUT2D eigenvalue weighted by Gasteiger charge is 2.16. The number of pyridine rings is 3. The van der Waals surface area contributed by atoms with Gasteiger partial charge in [-0.25, -0.2) is 4.98 Å². The van der Waals surface area contributed by atoms with E-state index in [1.54, 1.807) is 24.9 Å². The van der Waals surface area contributed by atoms with E-state index in [-0.39, 0.29) is 0 Å². The minimum Gasteiger partial charge on any atom is -0.487 e. The molecule has 8 heteroatoms. The highest BCUT2D eigenvalue weighted by Crippen LogP contribution is 2.34. The topological polar surface area (TPSA) is 106 Å². The minimum atomic E-state index is 0.473. The average Bonchev–Trinajstić information content (AvgIpc) is 3.71. The van der Waals surface area contributed by atoms with E-state index in [0.717, 1.165) is 61.3 Å². The van der Waals surface area contributed by atoms with Crippen LogP contribution in [0.1, 0.15) is 5.56 Å². The molecule has 0 fully saturated rings. The van der Waals surface area contributed by atoms with Crippen LogP contribution >= 0.6 is 0 Å². The lowest BCUT2D eigenvalue weighted by Gasteiger charge is -2.08. The van der Waals surface area contributed by atoms with Crippen LogP contribution in [-0.2, 0) is 6.61 Å². The predicted molar refractivity (Wildman–Crippen MR) is 141 cm³/mol. The fourth-order valence-corrected chi connectivity index (χ4v) is 4.45. The molecule has 8 nitrogen and oxygen atoms in total. The summed E-state index contributed by atoms with van der Waals surface area (Å²) >= 11 is 0. The van der Waals surface area contributed by atoms with Gasteiger partial charge in [0.2, 0.25) is 0 Å². The first-order chi connectivity index (χ1) is 18.3. The molecule has 0 spiro atoms. The van der Waals surface area contributed by atoms with E-state index in [4.69, 9.17) is 14.1 Å². The summed E-state index contributed by atoms with van der Waals surface area (Å²) in [6.45, 7) is 0.473. The van der Waals surface area contributed by atoms with Gasteiger partial charge < -0.3 is 14.1 Å². The molecule has 0 aliphatic rings. The fraction of sp³-hybridized carbons (Fsp3) is 0.0345. The van der Waals surface area contributed by atoms with E-state index < -0.39 is 0 Å². The number of rotatable bonds is 6. The van der Waals surface area contributed by atoms with E-state index in [2.05, 4.69) is 31.2 Å². The van der Waals surface area contributed by atoms with E-state index in [9.17, 15) is 0 Å². The first-order valence-corrected chi connectivity index (χ1v) is 11.8. The second kappa shape index (κ2) is 8.76. The summed E-state index contributed by atoms with van der Waals surface area (Å²) in [4.78, 5) is 17.2. The quantitative estimate of drug-likeness (QED) is 0.283. The number of furan rings is 1. The third-order valence-corrected chi connectivity index (χ3v) is 6.30. The number of H-pyrrole nitrogens is 2. The Morgan fingerprint density at radius 2 is 1.76 bits per heavy atom. The third-order valence-electron chi connectivity index (χ3n) is 6.30. The van der Waals surface area contributed by atoms with Crippen molar-refractivity contribution in [1.29, 1.82) is 0 Å². The summed E-state index contributed by atoms with van der Waals surface area (Å²) in [5, 5.41) is 8.70. The van der Waals surface area contributed by atoms with Gasteiger partial charge in [-0.2, -0.15) is 5.10 Å². The molecule has 1 aromatic carbocycles. The summed E-state index contributed by atoms with van der Waals surface area (Å²) in [5.41, 5.74) is 8.80. The van der Waals surface area contributed by atoms with Crippen molar-refractivity contribution in [2.24, 2.45) is 0 Å². The number of aromatic amines is 2. The molecule has 7 aromatic rings. The lowest BCUT2D eigenvalue weighted by molar-refractivity contribution is 0.305. The van der Waals surface area contributed by atoms with E-state index in [0.29, 0.717) is 12.4 Å². The molecule has 0 bridgehead atoms. The van der Waals surface area contributed by atoms with Crippen LogP contribution in [0.15, 0.2) is 102 Å². The smallest absolute Gasteiger partial charge is 0.138 e. The maximum atomic E-state index is 5.97. The SMILES string of the molecule is c1ccc(COc2cncc(-c3ccc4[nH]nc(-c5cc6c(-c7ccoc7)cncc6[nH]5)c4n3)c2)cc1. The molecule has 0 radical (unpaired) electrons. The number of aromatic nitrogens is 6. The Bertz CT molecular complexity index is 1840. The van der Waals surface area contributed by atoms with Crippen molar-refractivity contribution in [3.8, 4) is 39.5 Å². The largest absolute Gasteiger partial charge is 0.487 e. The van der Waals surface area contributed by atoms with Gasteiger partial charge in [0.1, 0.15) is 23.6 Å². The van der Waals surface area contributed by atoms with Gasteiger partial charge in [-0.05, 0) is 35.9 Å². The number of benzene rings is 1. The lowest BCUT2D eigenvalue weighted by Crippen LogP contribution is -1.96. The van der Waals surface area contributed by atoms with Crippen LogP contribution < -0.4 is 4.74 Å². The Kier molecular flexibility index (Phi) is 4.99. The first kappa shape index (κ1) is 21.1. The Labute approximate surface area is 211 Å². The molecule has 2 N–H and O–H groups in total. The highest BCUT2D eigenvalue weighted by molar-refractivity contribution is 5.99. The van der Waals surface area contributed by atoms with Crippen molar-refractivity contribution in [1.82, 2.24) is 30.1 Å². The van der Waals surface area contributed by atoms with Gasteiger partial charge in [-0.1, -0.05) is 30.3 Å². The van der Waals surface area contributed by atoms with Crippen molar-refractivity contribution >= 4 is 21.9 Å². The van der Waals surface area contributed by atoms with Crippen molar-refractivity contribution in [3.63, 3.8) is 0 Å². The number of hydrogen-bond acceptors (Lipinski definition) is 6. The molecule has 6 aromatic heterocycles. The molecule has 37 heavy (non-hydrogen) atoms. The molecule has 0 atom stereocenters. The summed E-state index contributed by atoms with van der Waals surface area (Å²) in [6.07, 6.45) is 10.5. The molecular weight excluding hydrogens is 464 g/mol. The Hall–Kier alpha value is -5.24. The zero-order valence-electron chi connectivity index (χ0n) is 19.6. The molecule has 178 valence electrons. The molecular formula is C29H20N6O2. The molecule has 6 heterocycles. The summed E-state index contributed by atoms with van der Waals surface area (Å²) in [5.74, 6) is 0.686. The normalized spacial score (nSPS) is 11.4. The van der Waals surface area contributed by atoms with Gasteiger partial charge in [-0.3, -0.25) is 15.1 Å². The van der Waals surface area contributed by atoms with Gasteiger partial charge in [-0.15, -0.1) is 0 Å². The lowest BCUT2D eigenvalue weighted by atomic mass is 10.1. The van der Waals surface area contributed by atoms with E-state index >= 15 is 0 Å². The molecule has 0 aliphatic carbocycles. The average molecular weight is 485 g/mol. The van der Waals surface area contributed by atoms with Crippen LogP contribution in [0.25, 0.3) is 55.7 Å². The Morgan fingerprint density at radius 1 is 0.838 bits per heavy atom. The minimum absolute atomic E-state index is 0.473. The van der Waals surface area contributed by atoms with Gasteiger partial charge >= 0.3 is 0 Å². The van der Waals surface area contributed by atoms with Gasteiger partial charge in [0.15, 0.2) is 0 Å². The van der Waals surface area contributed by atoms with Crippen molar-refractivity contribution < 1.29 is 9.15 Å². The summed E-state index contributed by atoms with van der Waals surface area (Å²) in [6, 6.07) is 19.9. The molecule has 0 aliphatic heterocycles. The van der Waals surface area contributed by atoms with E-state index in [1.807, 2.05) is 67.0 Å². The molecule has 0 unspecified atom stereocenters. The van der Waals surface area contributed by atoms with Gasteiger partial charge in [0, 0.05) is 34.5 Å². The zero-order chi connectivity index (χ0) is 24.6. The van der Waals surface area contributed by atoms with Crippen LogP contribution in [0, 0.1) is 0 Å². The van der Waals surface area contributed by atoms with E-state index in [1.165, 1.54) is 0 Å². The Balaban J connectivity index is 1.24. The van der Waals surface area contributed by atoms with Crippen LogP contribution in [0.3, 0.4) is 0 Å². The van der Waals surface area contributed by atoms with Crippen molar-refractivity contribution in [2.75, 3.05) is 0 Å². The monoisotopic (exact) mass is 484 g/mol. The second-order valence-electron chi connectivity index (χ2n) is 8.69. The third kappa shape index (κ3) is 3.90. The van der Waals surface area contributed by atoms with Gasteiger partial charge in [0.25, 0.3) is 0 Å². The summed E-state index contributed by atoms with van der Waals surface area (Å²) in [7, 11) is 0. The zero-order valence-corrected chi connectivity index (χ0v) is 19.6. The molecule has 0 saturated carbocycles. The molecule has 7 rings (SSSR count). The van der Waals surface area contributed by atoms with Crippen LogP contribution in [0.4, 0.5) is 0 Å². The number of hydrogen-bond donors (Lipinski definition) is 2. The second-order valence-corrected chi connectivity index (χ2v) is 8.69. The number of ether oxygens (including phenoxy) is 1. The fourth-order valence-electron chi connectivity index (χ4n) is 4.45. The highest BCUT2D eigenvalue weighted by atomic mass is 16.5. The van der Waals surface area contributed by atoms with Crippen LogP contribution in [0.2, 0.25) is 0 Å². The Morgan fingerprint density at radius 3 is 2.65 bits per heavy atom. The standard InChI is InChI=1S/C29H20N6O2/c1-2-4-18(5-3-1)16-37-21-10-20(12-30-13-21)24-6-7-25-28(33-24)29(35-34-25)26-11-22-23(19-8-9-36-17-19)14-31-15-27(22)32-26/h1-15,17,32H,16H2,(H,34,35). The first-order valence-electron chi connectivity index (χ1n) is 11.8.